The summed E-state index contributed by atoms with van der Waals surface area (Å²) < 4.78 is 32.1. The fourth-order valence-corrected chi connectivity index (χ4v) is 3.73. The Bertz CT molecular complexity index is 638. The topological polar surface area (TPSA) is 72.6 Å². The SMILES string of the molecule is C=C(C)CN(C)S(=O)(=O)c1cc(N)cc2c1OCCC2. The summed E-state index contributed by atoms with van der Waals surface area (Å²) in [4.78, 5) is 0.149. The number of benzene rings is 1. The van der Waals surface area contributed by atoms with Gasteiger partial charge in [-0.25, -0.2) is 8.42 Å². The molecule has 5 nitrogen and oxygen atoms in total. The molecule has 1 aliphatic heterocycles. The zero-order valence-electron chi connectivity index (χ0n) is 11.8. The van der Waals surface area contributed by atoms with E-state index in [4.69, 9.17) is 10.5 Å². The monoisotopic (exact) mass is 296 g/mol. The molecule has 0 bridgehead atoms. The molecule has 1 aromatic rings. The van der Waals surface area contributed by atoms with Gasteiger partial charge in [0.15, 0.2) is 0 Å². The van der Waals surface area contributed by atoms with Crippen LogP contribution in [-0.2, 0) is 16.4 Å². The second-order valence-corrected chi connectivity index (χ2v) is 7.19. The molecule has 1 heterocycles. The van der Waals surface area contributed by atoms with Crippen molar-refractivity contribution in [2.75, 3.05) is 25.9 Å². The molecular formula is C14H20N2O3S. The van der Waals surface area contributed by atoms with Crippen LogP contribution in [-0.4, -0.2) is 32.9 Å². The van der Waals surface area contributed by atoms with Gasteiger partial charge in [0.1, 0.15) is 10.6 Å². The molecule has 0 radical (unpaired) electrons. The summed E-state index contributed by atoms with van der Waals surface area (Å²) in [6.45, 7) is 6.34. The van der Waals surface area contributed by atoms with Crippen molar-refractivity contribution in [3.8, 4) is 5.75 Å². The van der Waals surface area contributed by atoms with Gasteiger partial charge in [-0.15, -0.1) is 0 Å². The molecule has 0 atom stereocenters. The molecule has 0 fully saturated rings. The van der Waals surface area contributed by atoms with Crippen molar-refractivity contribution in [2.24, 2.45) is 0 Å². The molecule has 0 unspecified atom stereocenters. The third-order valence-electron chi connectivity index (χ3n) is 3.17. The average molecular weight is 296 g/mol. The third kappa shape index (κ3) is 2.81. The van der Waals surface area contributed by atoms with Crippen molar-refractivity contribution in [3.63, 3.8) is 0 Å². The number of aryl methyl sites for hydroxylation is 1. The predicted octanol–water partition coefficient (Wildman–Crippen LogP) is 1.79. The summed E-state index contributed by atoms with van der Waals surface area (Å²) in [5.41, 5.74) is 7.90. The number of hydrogen-bond donors (Lipinski definition) is 1. The molecule has 0 aromatic heterocycles. The number of rotatable bonds is 4. The van der Waals surface area contributed by atoms with E-state index in [1.165, 1.54) is 17.4 Å². The number of anilines is 1. The van der Waals surface area contributed by atoms with Gasteiger partial charge in [0.25, 0.3) is 0 Å². The number of sulfonamides is 1. The number of fused-ring (bicyclic) bond motifs is 1. The molecule has 1 aliphatic rings. The van der Waals surface area contributed by atoms with Crippen molar-refractivity contribution < 1.29 is 13.2 Å². The van der Waals surface area contributed by atoms with E-state index in [9.17, 15) is 8.42 Å². The lowest BCUT2D eigenvalue weighted by molar-refractivity contribution is 0.279. The molecule has 2 N–H and O–H groups in total. The Balaban J connectivity index is 2.51. The lowest BCUT2D eigenvalue weighted by Crippen LogP contribution is -2.29. The normalized spacial score (nSPS) is 14.8. The van der Waals surface area contributed by atoms with Crippen LogP contribution in [0.5, 0.6) is 5.75 Å². The van der Waals surface area contributed by atoms with Gasteiger partial charge in [-0.2, -0.15) is 4.31 Å². The highest BCUT2D eigenvalue weighted by Gasteiger charge is 2.28. The fourth-order valence-electron chi connectivity index (χ4n) is 2.29. The molecule has 20 heavy (non-hydrogen) atoms. The van der Waals surface area contributed by atoms with Gasteiger partial charge in [-0.3, -0.25) is 0 Å². The first-order valence-electron chi connectivity index (χ1n) is 6.48. The van der Waals surface area contributed by atoms with Crippen LogP contribution in [0.4, 0.5) is 5.69 Å². The smallest absolute Gasteiger partial charge is 0.246 e. The Hall–Kier alpha value is -1.53. The van der Waals surface area contributed by atoms with Crippen LogP contribution in [0.3, 0.4) is 0 Å². The van der Waals surface area contributed by atoms with Crippen LogP contribution in [0.1, 0.15) is 18.9 Å². The van der Waals surface area contributed by atoms with Gasteiger partial charge in [-0.05, 0) is 37.5 Å². The molecule has 0 aliphatic carbocycles. The molecule has 6 heteroatoms. The average Bonchev–Trinajstić information content (AvgIpc) is 2.36. The van der Waals surface area contributed by atoms with Crippen molar-refractivity contribution in [1.82, 2.24) is 4.31 Å². The highest BCUT2D eigenvalue weighted by Crippen LogP contribution is 2.35. The maximum atomic E-state index is 12.6. The van der Waals surface area contributed by atoms with Crippen LogP contribution in [0.25, 0.3) is 0 Å². The molecule has 110 valence electrons. The quantitative estimate of drug-likeness (QED) is 0.679. The molecular weight excluding hydrogens is 276 g/mol. The summed E-state index contributed by atoms with van der Waals surface area (Å²) in [5, 5.41) is 0. The first-order valence-corrected chi connectivity index (χ1v) is 7.92. The maximum absolute atomic E-state index is 12.6. The van der Waals surface area contributed by atoms with Crippen LogP contribution in [0, 0.1) is 0 Å². The lowest BCUT2D eigenvalue weighted by Gasteiger charge is -2.24. The van der Waals surface area contributed by atoms with Crippen molar-refractivity contribution in [2.45, 2.75) is 24.7 Å². The Morgan fingerprint density at radius 2 is 2.20 bits per heavy atom. The zero-order valence-corrected chi connectivity index (χ0v) is 12.7. The van der Waals surface area contributed by atoms with E-state index in [2.05, 4.69) is 6.58 Å². The summed E-state index contributed by atoms with van der Waals surface area (Å²) >= 11 is 0. The Kier molecular flexibility index (Phi) is 4.06. The lowest BCUT2D eigenvalue weighted by atomic mass is 10.1. The predicted molar refractivity (Wildman–Crippen MR) is 79.3 cm³/mol. The highest BCUT2D eigenvalue weighted by molar-refractivity contribution is 7.89. The first kappa shape index (κ1) is 14.9. The van der Waals surface area contributed by atoms with Crippen LogP contribution >= 0.6 is 0 Å². The number of nitrogen functional groups attached to an aromatic ring is 1. The van der Waals surface area contributed by atoms with E-state index in [0.29, 0.717) is 18.0 Å². The summed E-state index contributed by atoms with van der Waals surface area (Å²) in [5.74, 6) is 0.444. The van der Waals surface area contributed by atoms with Crippen molar-refractivity contribution in [3.05, 3.63) is 29.8 Å². The molecule has 0 amide bonds. The second-order valence-electron chi connectivity index (χ2n) is 5.18. The maximum Gasteiger partial charge on any atom is 0.246 e. The van der Waals surface area contributed by atoms with E-state index < -0.39 is 10.0 Å². The minimum atomic E-state index is -3.63. The molecule has 0 spiro atoms. The van der Waals surface area contributed by atoms with E-state index in [1.807, 2.05) is 0 Å². The summed E-state index contributed by atoms with van der Waals surface area (Å²) in [6, 6.07) is 3.25. The number of likely N-dealkylation sites (N-methyl/N-ethyl adjacent to an activating group) is 1. The summed E-state index contributed by atoms with van der Waals surface area (Å²) in [7, 11) is -2.10. The van der Waals surface area contributed by atoms with E-state index in [1.54, 1.807) is 13.0 Å². The number of nitrogens with two attached hydrogens (primary N) is 1. The van der Waals surface area contributed by atoms with E-state index in [-0.39, 0.29) is 11.4 Å². The van der Waals surface area contributed by atoms with Gasteiger partial charge in [0.05, 0.1) is 6.61 Å². The van der Waals surface area contributed by atoms with Gasteiger partial charge in [-0.1, -0.05) is 12.2 Å². The minimum Gasteiger partial charge on any atom is -0.492 e. The molecule has 0 saturated carbocycles. The van der Waals surface area contributed by atoms with Crippen LogP contribution in [0.15, 0.2) is 29.2 Å². The van der Waals surface area contributed by atoms with E-state index in [0.717, 1.165) is 24.0 Å². The number of hydrogen-bond acceptors (Lipinski definition) is 4. The summed E-state index contributed by atoms with van der Waals surface area (Å²) in [6.07, 6.45) is 1.66. The molecule has 1 aromatic carbocycles. The molecule has 2 rings (SSSR count). The largest absolute Gasteiger partial charge is 0.492 e. The standard InChI is InChI=1S/C14H20N2O3S/c1-10(2)9-16(3)20(17,18)13-8-12(15)7-11-5-4-6-19-14(11)13/h7-8H,1,4-6,9,15H2,2-3H3. The first-order chi connectivity index (χ1) is 9.32. The number of nitrogens with zero attached hydrogens (tertiary/aromatic N) is 1. The Morgan fingerprint density at radius 3 is 2.85 bits per heavy atom. The third-order valence-corrected chi connectivity index (χ3v) is 4.98. The highest BCUT2D eigenvalue weighted by atomic mass is 32.2. The van der Waals surface area contributed by atoms with Gasteiger partial charge in [0.2, 0.25) is 10.0 Å². The minimum absolute atomic E-state index is 0.149. The van der Waals surface area contributed by atoms with Crippen LogP contribution < -0.4 is 10.5 Å². The zero-order chi connectivity index (χ0) is 14.9. The molecule has 0 saturated heterocycles. The number of ether oxygens (including phenoxy) is 1. The van der Waals surface area contributed by atoms with Gasteiger partial charge < -0.3 is 10.5 Å². The van der Waals surface area contributed by atoms with Gasteiger partial charge >= 0.3 is 0 Å². The fraction of sp³-hybridized carbons (Fsp3) is 0.429. The van der Waals surface area contributed by atoms with Crippen molar-refractivity contribution >= 4 is 15.7 Å². The van der Waals surface area contributed by atoms with Crippen LogP contribution in [0.2, 0.25) is 0 Å². The van der Waals surface area contributed by atoms with E-state index >= 15 is 0 Å². The van der Waals surface area contributed by atoms with Crippen molar-refractivity contribution in [1.29, 1.82) is 0 Å². The van der Waals surface area contributed by atoms with Gasteiger partial charge in [0, 0.05) is 19.3 Å². The Morgan fingerprint density at radius 1 is 1.50 bits per heavy atom. The Labute approximate surface area is 120 Å². The second kappa shape index (κ2) is 5.46.